The van der Waals surface area contributed by atoms with Crippen molar-refractivity contribution >= 4 is 35.1 Å². The number of hydrogen-bond donors (Lipinski definition) is 2. The van der Waals surface area contributed by atoms with Gasteiger partial charge in [-0.25, -0.2) is 9.59 Å². The summed E-state index contributed by atoms with van der Waals surface area (Å²) in [5, 5.41) is 41.4. The summed E-state index contributed by atoms with van der Waals surface area (Å²) in [6.07, 6.45) is 0. The first-order valence-corrected chi connectivity index (χ1v) is 12.4. The van der Waals surface area contributed by atoms with Crippen LogP contribution in [-0.2, 0) is 0 Å². The molecular formula is C28H20N2O8S. The molecule has 4 aromatic rings. The Bertz CT molecular complexity index is 1440. The normalized spacial score (nSPS) is 12.3. The van der Waals surface area contributed by atoms with Gasteiger partial charge in [-0.2, -0.15) is 0 Å². The van der Waals surface area contributed by atoms with Crippen molar-refractivity contribution in [1.82, 2.24) is 0 Å². The largest absolute Gasteiger partial charge is 0.478 e. The molecule has 0 fully saturated rings. The van der Waals surface area contributed by atoms with Crippen molar-refractivity contribution in [1.29, 1.82) is 0 Å². The van der Waals surface area contributed by atoms with Crippen LogP contribution >= 0.6 is 11.8 Å². The van der Waals surface area contributed by atoms with Gasteiger partial charge in [-0.15, -0.1) is 11.8 Å². The van der Waals surface area contributed by atoms with Crippen molar-refractivity contribution in [2.45, 2.75) is 10.5 Å². The fourth-order valence-corrected chi connectivity index (χ4v) is 5.76. The van der Waals surface area contributed by atoms with Crippen LogP contribution in [0.4, 0.5) is 11.4 Å². The Morgan fingerprint density at radius 3 is 1.28 bits per heavy atom. The second kappa shape index (κ2) is 11.6. The first-order valence-electron chi connectivity index (χ1n) is 11.5. The molecule has 0 spiro atoms. The van der Waals surface area contributed by atoms with Crippen LogP contribution in [0, 0.1) is 20.2 Å². The summed E-state index contributed by atoms with van der Waals surface area (Å²) in [6.45, 7) is 0. The average molecular weight is 545 g/mol. The highest BCUT2D eigenvalue weighted by Gasteiger charge is 2.32. The van der Waals surface area contributed by atoms with E-state index in [1.54, 1.807) is 60.7 Å². The Labute approximate surface area is 225 Å². The molecule has 0 aliphatic rings. The van der Waals surface area contributed by atoms with Crippen molar-refractivity contribution in [3.05, 3.63) is 151 Å². The van der Waals surface area contributed by atoms with E-state index in [0.29, 0.717) is 11.1 Å². The van der Waals surface area contributed by atoms with Crippen molar-refractivity contribution < 1.29 is 29.6 Å². The van der Waals surface area contributed by atoms with Crippen molar-refractivity contribution in [2.75, 3.05) is 0 Å². The van der Waals surface area contributed by atoms with Crippen LogP contribution in [0.25, 0.3) is 0 Å². The second-order valence-corrected chi connectivity index (χ2v) is 9.60. The van der Waals surface area contributed by atoms with Crippen LogP contribution in [-0.4, -0.2) is 32.0 Å². The number of carbonyl (C=O) groups is 2. The molecule has 2 atom stereocenters. The number of carboxylic acids is 2. The highest BCUT2D eigenvalue weighted by atomic mass is 32.2. The Hall–Kier alpha value is -5.03. The Morgan fingerprint density at radius 1 is 0.615 bits per heavy atom. The third-order valence-electron chi connectivity index (χ3n) is 5.99. The lowest BCUT2D eigenvalue weighted by molar-refractivity contribution is -0.385. The summed E-state index contributed by atoms with van der Waals surface area (Å²) in [4.78, 5) is 45.9. The maximum atomic E-state index is 12.1. The van der Waals surface area contributed by atoms with Crippen LogP contribution in [0.2, 0.25) is 0 Å². The number of nitro benzene ring substituents is 2. The predicted octanol–water partition coefficient (Wildman–Crippen LogP) is 6.51. The molecule has 39 heavy (non-hydrogen) atoms. The zero-order valence-corrected chi connectivity index (χ0v) is 20.9. The lowest BCUT2D eigenvalue weighted by atomic mass is 10.00. The first kappa shape index (κ1) is 27.0. The van der Waals surface area contributed by atoms with Gasteiger partial charge in [0.2, 0.25) is 0 Å². The van der Waals surface area contributed by atoms with Crippen LogP contribution in [0.1, 0.15) is 53.5 Å². The van der Waals surface area contributed by atoms with Gasteiger partial charge in [-0.1, -0.05) is 60.7 Å². The highest BCUT2D eigenvalue weighted by molar-refractivity contribution is 8.00. The van der Waals surface area contributed by atoms with Gasteiger partial charge in [-0.05, 0) is 35.4 Å². The van der Waals surface area contributed by atoms with Gasteiger partial charge < -0.3 is 10.2 Å². The minimum Gasteiger partial charge on any atom is -0.478 e. The van der Waals surface area contributed by atoms with Gasteiger partial charge in [0.15, 0.2) is 0 Å². The lowest BCUT2D eigenvalue weighted by Gasteiger charge is -2.25. The van der Waals surface area contributed by atoms with Crippen LogP contribution in [0.5, 0.6) is 0 Å². The predicted molar refractivity (Wildman–Crippen MR) is 144 cm³/mol. The average Bonchev–Trinajstić information content (AvgIpc) is 2.94. The molecule has 11 heteroatoms. The van der Waals surface area contributed by atoms with Crippen molar-refractivity contribution in [2.24, 2.45) is 0 Å². The molecule has 196 valence electrons. The molecule has 0 radical (unpaired) electrons. The van der Waals surface area contributed by atoms with E-state index >= 15 is 0 Å². The highest BCUT2D eigenvalue weighted by Crippen LogP contribution is 2.51. The monoisotopic (exact) mass is 544 g/mol. The molecule has 2 N–H and O–H groups in total. The van der Waals surface area contributed by atoms with E-state index in [4.69, 9.17) is 0 Å². The molecule has 2 unspecified atom stereocenters. The van der Waals surface area contributed by atoms with E-state index in [2.05, 4.69) is 0 Å². The first-order chi connectivity index (χ1) is 18.7. The zero-order chi connectivity index (χ0) is 28.1. The van der Waals surface area contributed by atoms with E-state index < -0.39 is 43.7 Å². The number of nitrogens with zero attached hydrogens (tertiary/aromatic N) is 2. The zero-order valence-electron chi connectivity index (χ0n) is 20.0. The van der Waals surface area contributed by atoms with Crippen LogP contribution < -0.4 is 0 Å². The molecule has 10 nitrogen and oxygen atoms in total. The minimum atomic E-state index is -1.31. The number of benzene rings is 4. The fraction of sp³-hybridized carbons (Fsp3) is 0.0714. The fourth-order valence-electron chi connectivity index (χ4n) is 4.17. The van der Waals surface area contributed by atoms with Gasteiger partial charge in [0.1, 0.15) is 0 Å². The van der Waals surface area contributed by atoms with Crippen LogP contribution in [0.3, 0.4) is 0 Å². The number of hydrogen-bond acceptors (Lipinski definition) is 7. The standard InChI is InChI=1S/C28H20N2O8S/c31-27(32)19-11-13-21(23(15-19)29(35)36)25(17-7-3-1-4-8-17)39-26(18-9-5-2-6-10-18)22-14-12-20(28(33)34)16-24(22)30(37)38/h1-16,25-26H,(H,31,32)(H,33,34). The molecule has 0 bridgehead atoms. The van der Waals surface area contributed by atoms with Crippen molar-refractivity contribution in [3.63, 3.8) is 0 Å². The molecule has 4 rings (SSSR count). The molecule has 0 saturated carbocycles. The molecular weight excluding hydrogens is 524 g/mol. The van der Waals surface area contributed by atoms with E-state index in [1.807, 2.05) is 0 Å². The summed E-state index contributed by atoms with van der Waals surface area (Å²) >= 11 is 1.19. The summed E-state index contributed by atoms with van der Waals surface area (Å²) in [6, 6.07) is 24.9. The third kappa shape index (κ3) is 5.94. The second-order valence-electron chi connectivity index (χ2n) is 8.39. The van der Waals surface area contributed by atoms with Gasteiger partial charge in [-0.3, -0.25) is 20.2 Å². The SMILES string of the molecule is O=C(O)c1ccc(C(SC(c2ccccc2)c2ccc(C(=O)O)cc2[N+](=O)[O-])c2ccccc2)c([N+](=O)[O-])c1. The van der Waals surface area contributed by atoms with Crippen molar-refractivity contribution in [3.8, 4) is 0 Å². The van der Waals surface area contributed by atoms with Gasteiger partial charge in [0, 0.05) is 23.3 Å². The smallest absolute Gasteiger partial charge is 0.335 e. The van der Waals surface area contributed by atoms with Gasteiger partial charge in [0.25, 0.3) is 11.4 Å². The number of carboxylic acid groups (broad SMARTS) is 2. The topological polar surface area (TPSA) is 161 Å². The minimum absolute atomic E-state index is 0.215. The Kier molecular flexibility index (Phi) is 8.01. The summed E-state index contributed by atoms with van der Waals surface area (Å²) in [5.74, 6) is -2.63. The van der Waals surface area contributed by atoms with E-state index in [9.17, 15) is 40.0 Å². The molecule has 0 aliphatic carbocycles. The maximum absolute atomic E-state index is 12.1. The molecule has 0 aliphatic heterocycles. The molecule has 0 amide bonds. The molecule has 0 saturated heterocycles. The number of rotatable bonds is 10. The summed E-state index contributed by atoms with van der Waals surface area (Å²) in [5.41, 5.74) is 0.429. The maximum Gasteiger partial charge on any atom is 0.335 e. The van der Waals surface area contributed by atoms with Gasteiger partial charge in [0.05, 0.1) is 31.5 Å². The van der Waals surface area contributed by atoms with E-state index in [-0.39, 0.29) is 22.3 Å². The molecule has 4 aromatic carbocycles. The van der Waals surface area contributed by atoms with Crippen LogP contribution in [0.15, 0.2) is 97.1 Å². The lowest BCUT2D eigenvalue weighted by Crippen LogP contribution is -2.09. The van der Waals surface area contributed by atoms with E-state index in [0.717, 1.165) is 12.1 Å². The quantitative estimate of drug-likeness (QED) is 0.167. The Balaban J connectivity index is 1.95. The summed E-state index contributed by atoms with van der Waals surface area (Å²) < 4.78 is 0. The molecule has 0 heterocycles. The van der Waals surface area contributed by atoms with E-state index in [1.165, 1.54) is 36.0 Å². The number of nitro groups is 2. The van der Waals surface area contributed by atoms with Gasteiger partial charge >= 0.3 is 11.9 Å². The molecule has 0 aromatic heterocycles. The summed E-state index contributed by atoms with van der Waals surface area (Å²) in [7, 11) is 0. The number of aromatic carboxylic acids is 2. The third-order valence-corrected chi connectivity index (χ3v) is 7.59. The number of thioether (sulfide) groups is 1. The Morgan fingerprint density at radius 2 is 0.974 bits per heavy atom.